The molecule has 0 aromatic carbocycles. The van der Waals surface area contributed by atoms with Crippen molar-refractivity contribution in [3.05, 3.63) is 12.2 Å². The molecule has 0 N–H and O–H groups in total. The van der Waals surface area contributed by atoms with Gasteiger partial charge in [0, 0.05) is 0 Å². The minimum absolute atomic E-state index is 0.243. The molecule has 58 valence electrons. The molecule has 2 unspecified atom stereocenters. The minimum Gasteiger partial charge on any atom is -0.247 e. The fourth-order valence-electron chi connectivity index (χ4n) is 1.63. The summed E-state index contributed by atoms with van der Waals surface area (Å²) in [5.74, 6) is 0.710. The average Bonchev–Trinajstić information content (AvgIpc) is 2.10. The molecule has 1 heteroatoms. The molecule has 2 atom stereocenters. The summed E-state index contributed by atoms with van der Waals surface area (Å²) in [5.41, 5.74) is 1.09. The maximum Gasteiger partial charge on any atom is 0.107 e. The van der Waals surface area contributed by atoms with Crippen LogP contribution in [-0.4, -0.2) is 6.17 Å². The summed E-state index contributed by atoms with van der Waals surface area (Å²) < 4.78 is 13.0. The second-order valence-corrected chi connectivity index (χ2v) is 3.58. The van der Waals surface area contributed by atoms with Crippen LogP contribution in [0.4, 0.5) is 4.39 Å². The maximum atomic E-state index is 13.0. The lowest BCUT2D eigenvalue weighted by Crippen LogP contribution is -2.14. The molecule has 0 nitrogen and oxygen atoms in total. The first kappa shape index (κ1) is 7.77. The van der Waals surface area contributed by atoms with Crippen molar-refractivity contribution in [2.75, 3.05) is 0 Å². The van der Waals surface area contributed by atoms with Crippen molar-refractivity contribution >= 4 is 0 Å². The SMILES string of the molecule is C=C1CC(F)C(C(C)C)C1. The van der Waals surface area contributed by atoms with E-state index in [1.807, 2.05) is 0 Å². The topological polar surface area (TPSA) is 0 Å². The highest BCUT2D eigenvalue weighted by Gasteiger charge is 2.31. The first-order valence-electron chi connectivity index (χ1n) is 3.92. The van der Waals surface area contributed by atoms with Crippen molar-refractivity contribution in [3.63, 3.8) is 0 Å². The lowest BCUT2D eigenvalue weighted by atomic mass is 9.93. The number of halogens is 1. The quantitative estimate of drug-likeness (QED) is 0.494. The molecule has 0 saturated heterocycles. The Kier molecular flexibility index (Phi) is 2.12. The van der Waals surface area contributed by atoms with Crippen LogP contribution in [-0.2, 0) is 0 Å². The van der Waals surface area contributed by atoms with Crippen LogP contribution < -0.4 is 0 Å². The zero-order valence-corrected chi connectivity index (χ0v) is 6.73. The van der Waals surface area contributed by atoms with E-state index in [-0.39, 0.29) is 5.92 Å². The Balaban J connectivity index is 2.54. The molecule has 0 spiro atoms. The van der Waals surface area contributed by atoms with Crippen LogP contribution in [0, 0.1) is 11.8 Å². The van der Waals surface area contributed by atoms with Gasteiger partial charge in [-0.2, -0.15) is 0 Å². The predicted molar refractivity (Wildman–Crippen MR) is 41.6 cm³/mol. The van der Waals surface area contributed by atoms with Gasteiger partial charge in [0.25, 0.3) is 0 Å². The standard InChI is InChI=1S/C9H15F/c1-6(2)8-4-7(3)5-9(8)10/h6,8-9H,3-5H2,1-2H3. The molecule has 0 aromatic rings. The van der Waals surface area contributed by atoms with E-state index in [1.165, 1.54) is 0 Å². The normalized spacial score (nSPS) is 33.8. The predicted octanol–water partition coefficient (Wildman–Crippen LogP) is 2.95. The molecule has 1 fully saturated rings. The molecule has 0 amide bonds. The smallest absolute Gasteiger partial charge is 0.107 e. The number of rotatable bonds is 1. The Morgan fingerprint density at radius 3 is 2.30 bits per heavy atom. The second kappa shape index (κ2) is 2.73. The molecule has 0 bridgehead atoms. The van der Waals surface area contributed by atoms with Crippen LogP contribution in [0.25, 0.3) is 0 Å². The van der Waals surface area contributed by atoms with Crippen molar-refractivity contribution in [2.45, 2.75) is 32.9 Å². The van der Waals surface area contributed by atoms with E-state index in [0.717, 1.165) is 12.0 Å². The lowest BCUT2D eigenvalue weighted by molar-refractivity contribution is 0.215. The number of allylic oxidation sites excluding steroid dienone is 1. The molecule has 0 aliphatic heterocycles. The number of hydrogen-bond acceptors (Lipinski definition) is 0. The highest BCUT2D eigenvalue weighted by molar-refractivity contribution is 5.06. The van der Waals surface area contributed by atoms with E-state index in [4.69, 9.17) is 0 Å². The molecule has 0 heterocycles. The summed E-state index contributed by atoms with van der Waals surface area (Å²) >= 11 is 0. The highest BCUT2D eigenvalue weighted by Crippen LogP contribution is 2.36. The van der Waals surface area contributed by atoms with Crippen LogP contribution >= 0.6 is 0 Å². The fourth-order valence-corrected chi connectivity index (χ4v) is 1.63. The summed E-state index contributed by atoms with van der Waals surface area (Å²) in [6, 6.07) is 0. The first-order chi connectivity index (χ1) is 4.61. The van der Waals surface area contributed by atoms with Gasteiger partial charge in [-0.15, -0.1) is 0 Å². The molecule has 1 aliphatic carbocycles. The van der Waals surface area contributed by atoms with Gasteiger partial charge in [0.2, 0.25) is 0 Å². The van der Waals surface area contributed by atoms with Gasteiger partial charge in [0.05, 0.1) is 0 Å². The van der Waals surface area contributed by atoms with Crippen LogP contribution in [0.3, 0.4) is 0 Å². The molecule has 10 heavy (non-hydrogen) atoms. The van der Waals surface area contributed by atoms with Gasteiger partial charge in [0.15, 0.2) is 0 Å². The van der Waals surface area contributed by atoms with Gasteiger partial charge in [-0.1, -0.05) is 26.0 Å². The van der Waals surface area contributed by atoms with E-state index in [2.05, 4.69) is 20.4 Å². The van der Waals surface area contributed by atoms with Gasteiger partial charge in [0.1, 0.15) is 6.17 Å². The Hall–Kier alpha value is -0.330. The monoisotopic (exact) mass is 142 g/mol. The zero-order chi connectivity index (χ0) is 7.72. The lowest BCUT2D eigenvalue weighted by Gasteiger charge is -2.15. The Morgan fingerprint density at radius 1 is 1.50 bits per heavy atom. The molecule has 0 aromatic heterocycles. The van der Waals surface area contributed by atoms with Crippen molar-refractivity contribution < 1.29 is 4.39 Å². The Morgan fingerprint density at radius 2 is 2.10 bits per heavy atom. The molecule has 1 rings (SSSR count). The average molecular weight is 142 g/mol. The highest BCUT2D eigenvalue weighted by atomic mass is 19.1. The molecule has 1 saturated carbocycles. The van der Waals surface area contributed by atoms with Crippen molar-refractivity contribution in [1.29, 1.82) is 0 Å². The fraction of sp³-hybridized carbons (Fsp3) is 0.778. The Labute approximate surface area is 62.1 Å². The number of hydrogen-bond donors (Lipinski definition) is 0. The number of alkyl halides is 1. The van der Waals surface area contributed by atoms with E-state index in [9.17, 15) is 4.39 Å². The molecular weight excluding hydrogens is 127 g/mol. The van der Waals surface area contributed by atoms with Crippen LogP contribution in [0.15, 0.2) is 12.2 Å². The van der Waals surface area contributed by atoms with Gasteiger partial charge < -0.3 is 0 Å². The van der Waals surface area contributed by atoms with E-state index < -0.39 is 6.17 Å². The van der Waals surface area contributed by atoms with Crippen molar-refractivity contribution in [1.82, 2.24) is 0 Å². The van der Waals surface area contributed by atoms with Crippen molar-refractivity contribution in [3.8, 4) is 0 Å². The van der Waals surface area contributed by atoms with Crippen LogP contribution in [0.2, 0.25) is 0 Å². The summed E-state index contributed by atoms with van der Waals surface area (Å²) in [4.78, 5) is 0. The zero-order valence-electron chi connectivity index (χ0n) is 6.73. The third kappa shape index (κ3) is 1.39. The summed E-state index contributed by atoms with van der Waals surface area (Å²) in [6.45, 7) is 7.96. The molecule has 1 aliphatic rings. The van der Waals surface area contributed by atoms with E-state index >= 15 is 0 Å². The third-order valence-corrected chi connectivity index (χ3v) is 2.33. The van der Waals surface area contributed by atoms with E-state index in [0.29, 0.717) is 12.3 Å². The van der Waals surface area contributed by atoms with Gasteiger partial charge in [-0.25, -0.2) is 4.39 Å². The third-order valence-electron chi connectivity index (χ3n) is 2.33. The molecular formula is C9H15F. The van der Waals surface area contributed by atoms with Crippen LogP contribution in [0.5, 0.6) is 0 Å². The van der Waals surface area contributed by atoms with Crippen LogP contribution in [0.1, 0.15) is 26.7 Å². The van der Waals surface area contributed by atoms with E-state index in [1.54, 1.807) is 0 Å². The van der Waals surface area contributed by atoms with Gasteiger partial charge in [-0.05, 0) is 24.7 Å². The largest absolute Gasteiger partial charge is 0.247 e. The van der Waals surface area contributed by atoms with Gasteiger partial charge in [-0.3, -0.25) is 0 Å². The first-order valence-corrected chi connectivity index (χ1v) is 3.92. The molecule has 0 radical (unpaired) electrons. The second-order valence-electron chi connectivity index (χ2n) is 3.58. The van der Waals surface area contributed by atoms with Gasteiger partial charge >= 0.3 is 0 Å². The summed E-state index contributed by atoms with van der Waals surface area (Å²) in [6.07, 6.45) is 0.884. The Bertz CT molecular complexity index is 138. The summed E-state index contributed by atoms with van der Waals surface area (Å²) in [5, 5.41) is 0. The maximum absolute atomic E-state index is 13.0. The minimum atomic E-state index is -0.618. The summed E-state index contributed by atoms with van der Waals surface area (Å²) in [7, 11) is 0. The van der Waals surface area contributed by atoms with Crippen molar-refractivity contribution in [2.24, 2.45) is 11.8 Å².